The normalized spacial score (nSPS) is 18.2. The highest BCUT2D eigenvalue weighted by atomic mass is 32.1. The van der Waals surface area contributed by atoms with Crippen LogP contribution in [0, 0.1) is 6.92 Å². The molecule has 0 aromatic carbocycles. The zero-order valence-corrected chi connectivity index (χ0v) is 13.1. The minimum Gasteiger partial charge on any atom is -0.378 e. The summed E-state index contributed by atoms with van der Waals surface area (Å²) in [6, 6.07) is 2.12. The summed E-state index contributed by atoms with van der Waals surface area (Å²) in [7, 11) is 1.83. The summed E-state index contributed by atoms with van der Waals surface area (Å²) in [5.41, 5.74) is 1.52. The molecule has 2 aromatic rings. The van der Waals surface area contributed by atoms with Crippen molar-refractivity contribution in [2.45, 2.75) is 32.4 Å². The van der Waals surface area contributed by atoms with Gasteiger partial charge in [0, 0.05) is 26.0 Å². The van der Waals surface area contributed by atoms with E-state index in [0.717, 1.165) is 42.2 Å². The van der Waals surface area contributed by atoms with Crippen LogP contribution in [0.15, 0.2) is 18.5 Å². The maximum Gasteiger partial charge on any atom is 0.259 e. The molecule has 1 aliphatic rings. The predicted octanol–water partition coefficient (Wildman–Crippen LogP) is 1.99. The highest BCUT2D eigenvalue weighted by Crippen LogP contribution is 2.29. The molecular weight excluding hydrogens is 286 g/mol. The first-order valence-electron chi connectivity index (χ1n) is 7.13. The average Bonchev–Trinajstić information content (AvgIpc) is 3.19. The van der Waals surface area contributed by atoms with E-state index in [9.17, 15) is 4.79 Å². The average molecular weight is 305 g/mol. The molecule has 21 heavy (non-hydrogen) atoms. The molecule has 1 fully saturated rings. The Hall–Kier alpha value is -1.89. The van der Waals surface area contributed by atoms with Crippen LogP contribution in [0.2, 0.25) is 0 Å². The van der Waals surface area contributed by atoms with Gasteiger partial charge in [0.25, 0.3) is 5.91 Å². The molecule has 0 saturated carbocycles. The lowest BCUT2D eigenvalue weighted by Gasteiger charge is -2.25. The van der Waals surface area contributed by atoms with Crippen molar-refractivity contribution in [3.63, 3.8) is 0 Å². The monoisotopic (exact) mass is 305 g/mol. The summed E-state index contributed by atoms with van der Waals surface area (Å²) in [5, 5.41) is 8.17. The summed E-state index contributed by atoms with van der Waals surface area (Å²) in [6.45, 7) is 3.45. The van der Waals surface area contributed by atoms with Crippen molar-refractivity contribution in [1.82, 2.24) is 19.1 Å². The number of nitrogens with one attached hydrogen (secondary N) is 1. The molecule has 7 heteroatoms. The van der Waals surface area contributed by atoms with Crippen molar-refractivity contribution in [3.8, 4) is 0 Å². The molecule has 2 aromatic heterocycles. The number of hydrogen-bond acceptors (Lipinski definition) is 5. The fourth-order valence-corrected chi connectivity index (χ4v) is 3.59. The molecular formula is C14H19N5OS. The number of carbonyl (C=O) groups excluding carboxylic acids is 1. The van der Waals surface area contributed by atoms with Gasteiger partial charge in [0.1, 0.15) is 5.00 Å². The Morgan fingerprint density at radius 3 is 3.14 bits per heavy atom. The van der Waals surface area contributed by atoms with Gasteiger partial charge in [0.15, 0.2) is 0 Å². The quantitative estimate of drug-likeness (QED) is 0.938. The zero-order valence-electron chi connectivity index (χ0n) is 12.2. The van der Waals surface area contributed by atoms with E-state index in [0.29, 0.717) is 0 Å². The van der Waals surface area contributed by atoms with Gasteiger partial charge in [0.2, 0.25) is 0 Å². The Balaban J connectivity index is 1.81. The molecule has 112 valence electrons. The highest BCUT2D eigenvalue weighted by molar-refractivity contribution is 7.10. The number of carbonyl (C=O) groups is 1. The summed E-state index contributed by atoms with van der Waals surface area (Å²) >= 11 is 1.34. The van der Waals surface area contributed by atoms with E-state index in [-0.39, 0.29) is 11.9 Å². The first-order valence-corrected chi connectivity index (χ1v) is 7.90. The molecule has 0 bridgehead atoms. The second-order valence-electron chi connectivity index (χ2n) is 5.24. The number of hydrogen-bond donors (Lipinski definition) is 1. The molecule has 1 atom stereocenters. The number of nitrogens with zero attached hydrogens (tertiary/aromatic N) is 4. The predicted molar refractivity (Wildman–Crippen MR) is 82.7 cm³/mol. The molecule has 0 radical (unpaired) electrons. The first-order chi connectivity index (χ1) is 10.2. The number of aryl methyl sites for hydroxylation is 1. The van der Waals surface area contributed by atoms with E-state index in [1.54, 1.807) is 6.20 Å². The fraction of sp³-hybridized carbons (Fsp3) is 0.500. The molecule has 0 aliphatic carbocycles. The third kappa shape index (κ3) is 2.65. The lowest BCUT2D eigenvalue weighted by molar-refractivity contribution is 0.0722. The molecule has 1 unspecified atom stereocenters. The van der Waals surface area contributed by atoms with E-state index >= 15 is 0 Å². The largest absolute Gasteiger partial charge is 0.378 e. The first kappa shape index (κ1) is 14.1. The minimum atomic E-state index is 0.0836. The van der Waals surface area contributed by atoms with Gasteiger partial charge in [-0.05, 0) is 37.4 Å². The van der Waals surface area contributed by atoms with Gasteiger partial charge in [-0.2, -0.15) is 9.47 Å². The van der Waals surface area contributed by atoms with Crippen molar-refractivity contribution in [2.75, 3.05) is 18.9 Å². The van der Waals surface area contributed by atoms with E-state index in [1.165, 1.54) is 11.5 Å². The summed E-state index contributed by atoms with van der Waals surface area (Å²) < 4.78 is 6.19. The van der Waals surface area contributed by atoms with Crippen molar-refractivity contribution in [2.24, 2.45) is 0 Å². The number of rotatable bonds is 4. The second kappa shape index (κ2) is 5.85. The molecule has 1 amide bonds. The lowest BCUT2D eigenvalue weighted by Crippen LogP contribution is -2.38. The van der Waals surface area contributed by atoms with Crippen molar-refractivity contribution >= 4 is 22.4 Å². The highest BCUT2D eigenvalue weighted by Gasteiger charge is 2.32. The third-order valence-corrected chi connectivity index (χ3v) is 4.85. The number of amides is 1. The molecule has 6 nitrogen and oxygen atoms in total. The topological polar surface area (TPSA) is 63.1 Å². The van der Waals surface area contributed by atoms with Crippen molar-refractivity contribution in [3.05, 3.63) is 29.7 Å². The van der Waals surface area contributed by atoms with Crippen LogP contribution >= 0.6 is 11.5 Å². The van der Waals surface area contributed by atoms with Crippen LogP contribution in [0.3, 0.4) is 0 Å². The molecule has 3 rings (SSSR count). The van der Waals surface area contributed by atoms with Crippen LogP contribution in [0.5, 0.6) is 0 Å². The Labute approximate surface area is 127 Å². The Morgan fingerprint density at radius 2 is 2.43 bits per heavy atom. The van der Waals surface area contributed by atoms with Gasteiger partial charge in [-0.3, -0.25) is 9.48 Å². The van der Waals surface area contributed by atoms with Crippen molar-refractivity contribution in [1.29, 1.82) is 0 Å². The number of anilines is 1. The van der Waals surface area contributed by atoms with E-state index < -0.39 is 0 Å². The Bertz CT molecular complexity index is 621. The van der Waals surface area contributed by atoms with Gasteiger partial charge < -0.3 is 10.2 Å². The minimum absolute atomic E-state index is 0.0836. The van der Waals surface area contributed by atoms with Crippen LogP contribution in [0.4, 0.5) is 5.00 Å². The van der Waals surface area contributed by atoms with Gasteiger partial charge in [-0.15, -0.1) is 0 Å². The number of aromatic nitrogens is 3. The molecule has 1 N–H and O–H groups in total. The standard InChI is InChI=1S/C14H19N5OS/c1-10-12(13(15-2)21-17-10)14(20)19-8-3-5-11(19)9-18-7-4-6-16-18/h4,6-7,11,15H,3,5,8-9H2,1-2H3. The van der Waals surface area contributed by atoms with Crippen LogP contribution < -0.4 is 5.32 Å². The zero-order chi connectivity index (χ0) is 14.8. The van der Waals surface area contributed by atoms with Crippen LogP contribution in [0.1, 0.15) is 28.9 Å². The molecule has 3 heterocycles. The fourth-order valence-electron chi connectivity index (χ4n) is 2.85. The molecule has 1 saturated heterocycles. The van der Waals surface area contributed by atoms with E-state index in [1.807, 2.05) is 35.8 Å². The van der Waals surface area contributed by atoms with Gasteiger partial charge in [-0.1, -0.05) is 0 Å². The summed E-state index contributed by atoms with van der Waals surface area (Å²) in [5.74, 6) is 0.0836. The van der Waals surface area contributed by atoms with E-state index in [4.69, 9.17) is 0 Å². The van der Waals surface area contributed by atoms with Crippen LogP contribution in [-0.2, 0) is 6.54 Å². The van der Waals surface area contributed by atoms with Gasteiger partial charge in [-0.25, -0.2) is 0 Å². The second-order valence-corrected chi connectivity index (χ2v) is 6.02. The summed E-state index contributed by atoms with van der Waals surface area (Å²) in [6.07, 6.45) is 5.78. The number of likely N-dealkylation sites (tertiary alicyclic amines) is 1. The maximum absolute atomic E-state index is 12.9. The SMILES string of the molecule is CNc1snc(C)c1C(=O)N1CCCC1Cn1cccn1. The summed E-state index contributed by atoms with van der Waals surface area (Å²) in [4.78, 5) is 14.8. The third-order valence-electron chi connectivity index (χ3n) is 3.90. The van der Waals surface area contributed by atoms with Crippen LogP contribution in [-0.4, -0.2) is 44.6 Å². The van der Waals surface area contributed by atoms with Crippen molar-refractivity contribution < 1.29 is 4.79 Å². The lowest BCUT2D eigenvalue weighted by atomic mass is 10.2. The molecule has 0 spiro atoms. The van der Waals surface area contributed by atoms with Crippen LogP contribution in [0.25, 0.3) is 0 Å². The van der Waals surface area contributed by atoms with Gasteiger partial charge >= 0.3 is 0 Å². The maximum atomic E-state index is 12.9. The Kier molecular flexibility index (Phi) is 3.92. The molecule has 1 aliphatic heterocycles. The smallest absolute Gasteiger partial charge is 0.259 e. The van der Waals surface area contributed by atoms with E-state index in [2.05, 4.69) is 14.8 Å². The van der Waals surface area contributed by atoms with Gasteiger partial charge in [0.05, 0.1) is 23.8 Å². The Morgan fingerprint density at radius 1 is 1.57 bits per heavy atom.